The predicted octanol–water partition coefficient (Wildman–Crippen LogP) is 3.87. The number of carboxylic acids is 1. The van der Waals surface area contributed by atoms with Crippen LogP contribution in [0.15, 0.2) is 48.5 Å². The van der Waals surface area contributed by atoms with Crippen molar-refractivity contribution in [3.8, 4) is 11.1 Å². The van der Waals surface area contributed by atoms with Gasteiger partial charge in [0, 0.05) is 18.5 Å². The summed E-state index contributed by atoms with van der Waals surface area (Å²) < 4.78 is 5.57. The first kappa shape index (κ1) is 22.8. The van der Waals surface area contributed by atoms with E-state index in [0.717, 1.165) is 35.1 Å². The molecule has 0 radical (unpaired) electrons. The number of aliphatic carboxylic acids is 1. The molecule has 2 N–H and O–H groups in total. The molecule has 2 aliphatic carbocycles. The maximum atomic E-state index is 13.0. The molecule has 7 heteroatoms. The first-order valence-electron chi connectivity index (χ1n) is 11.5. The highest BCUT2D eigenvalue weighted by atomic mass is 16.5. The van der Waals surface area contributed by atoms with E-state index >= 15 is 0 Å². The number of carbonyl (C=O) groups is 3. The van der Waals surface area contributed by atoms with Crippen LogP contribution in [0.25, 0.3) is 11.1 Å². The average molecular weight is 451 g/mol. The molecule has 1 saturated carbocycles. The van der Waals surface area contributed by atoms with Gasteiger partial charge in [0.1, 0.15) is 13.2 Å². The fraction of sp³-hybridized carbons (Fsp3) is 0.423. The SMILES string of the molecule is CC(C)C(CNC(=O)OCC1c2ccccc2-c2ccccc21)C(=O)N(CC(=O)O)C1CC1. The second-order valence-corrected chi connectivity index (χ2v) is 9.15. The van der Waals surface area contributed by atoms with E-state index in [1.165, 1.54) is 4.90 Å². The van der Waals surface area contributed by atoms with Crippen molar-refractivity contribution in [2.45, 2.75) is 38.6 Å². The summed E-state index contributed by atoms with van der Waals surface area (Å²) in [5, 5.41) is 11.9. The number of alkyl carbamates (subject to hydrolysis) is 1. The molecule has 0 saturated heterocycles. The van der Waals surface area contributed by atoms with Gasteiger partial charge in [-0.15, -0.1) is 0 Å². The topological polar surface area (TPSA) is 95.9 Å². The lowest BCUT2D eigenvalue weighted by atomic mass is 9.94. The molecular weight excluding hydrogens is 420 g/mol. The Bertz CT molecular complexity index is 1000. The van der Waals surface area contributed by atoms with Gasteiger partial charge in [-0.25, -0.2) is 4.79 Å². The molecule has 2 aromatic rings. The summed E-state index contributed by atoms with van der Waals surface area (Å²) in [4.78, 5) is 38.2. The van der Waals surface area contributed by atoms with Crippen molar-refractivity contribution in [3.05, 3.63) is 59.7 Å². The fourth-order valence-electron chi connectivity index (χ4n) is 4.58. The van der Waals surface area contributed by atoms with E-state index < -0.39 is 18.0 Å². The monoisotopic (exact) mass is 450 g/mol. The molecule has 0 spiro atoms. The normalized spacial score (nSPS) is 15.5. The lowest BCUT2D eigenvalue weighted by molar-refractivity contribution is -0.147. The molecule has 0 aliphatic heterocycles. The van der Waals surface area contributed by atoms with Crippen LogP contribution in [-0.4, -0.2) is 53.7 Å². The second-order valence-electron chi connectivity index (χ2n) is 9.15. The second kappa shape index (κ2) is 9.65. The molecule has 1 unspecified atom stereocenters. The Morgan fingerprint density at radius 2 is 1.61 bits per heavy atom. The minimum Gasteiger partial charge on any atom is -0.480 e. The van der Waals surface area contributed by atoms with Gasteiger partial charge in [-0.05, 0) is 41.0 Å². The Labute approximate surface area is 193 Å². The molecule has 4 rings (SSSR count). The first-order valence-corrected chi connectivity index (χ1v) is 11.5. The summed E-state index contributed by atoms with van der Waals surface area (Å²) in [6.07, 6.45) is 1.07. The highest BCUT2D eigenvalue weighted by Gasteiger charge is 2.38. The quantitative estimate of drug-likeness (QED) is 0.605. The van der Waals surface area contributed by atoms with Crippen LogP contribution < -0.4 is 5.32 Å². The molecule has 174 valence electrons. The van der Waals surface area contributed by atoms with Crippen LogP contribution in [0.5, 0.6) is 0 Å². The number of fused-ring (bicyclic) bond motifs is 3. The molecule has 1 fully saturated rings. The molecule has 0 heterocycles. The van der Waals surface area contributed by atoms with Crippen LogP contribution in [0.4, 0.5) is 4.79 Å². The molecule has 2 aromatic carbocycles. The lowest BCUT2D eigenvalue weighted by Crippen LogP contribution is -2.46. The van der Waals surface area contributed by atoms with Crippen LogP contribution in [-0.2, 0) is 14.3 Å². The molecule has 0 aromatic heterocycles. The number of hydrogen-bond acceptors (Lipinski definition) is 4. The Morgan fingerprint density at radius 1 is 1.03 bits per heavy atom. The molecule has 2 aliphatic rings. The number of ether oxygens (including phenoxy) is 1. The van der Waals surface area contributed by atoms with Gasteiger partial charge in [0.15, 0.2) is 0 Å². The molecule has 1 atom stereocenters. The predicted molar refractivity (Wildman–Crippen MR) is 124 cm³/mol. The Balaban J connectivity index is 1.37. The van der Waals surface area contributed by atoms with Gasteiger partial charge in [0.05, 0.1) is 5.92 Å². The van der Waals surface area contributed by atoms with E-state index in [4.69, 9.17) is 4.74 Å². The number of nitrogens with one attached hydrogen (secondary N) is 1. The van der Waals surface area contributed by atoms with Gasteiger partial charge in [0.2, 0.25) is 5.91 Å². The summed E-state index contributed by atoms with van der Waals surface area (Å²) in [6, 6.07) is 16.2. The van der Waals surface area contributed by atoms with Gasteiger partial charge in [-0.2, -0.15) is 0 Å². The van der Waals surface area contributed by atoms with Crippen molar-refractivity contribution >= 4 is 18.0 Å². The van der Waals surface area contributed by atoms with Crippen molar-refractivity contribution in [3.63, 3.8) is 0 Å². The van der Waals surface area contributed by atoms with E-state index in [9.17, 15) is 19.5 Å². The molecule has 2 amide bonds. The van der Waals surface area contributed by atoms with Gasteiger partial charge < -0.3 is 20.1 Å². The third kappa shape index (κ3) is 5.02. The van der Waals surface area contributed by atoms with Crippen LogP contribution >= 0.6 is 0 Å². The maximum Gasteiger partial charge on any atom is 0.407 e. The average Bonchev–Trinajstić information content (AvgIpc) is 3.58. The standard InChI is InChI=1S/C26H30N2O5/c1-16(2)22(25(31)28(14-24(29)30)17-11-12-17)13-27-26(32)33-15-23-20-9-5-3-7-18(20)19-8-4-6-10-21(19)23/h3-10,16-17,22-23H,11-15H2,1-2H3,(H,27,32)(H,29,30). The minimum atomic E-state index is -1.03. The van der Waals surface area contributed by atoms with E-state index in [1.807, 2.05) is 38.1 Å². The summed E-state index contributed by atoms with van der Waals surface area (Å²) in [5.74, 6) is -1.85. The highest BCUT2D eigenvalue weighted by molar-refractivity contribution is 5.84. The van der Waals surface area contributed by atoms with Crippen molar-refractivity contribution in [2.24, 2.45) is 11.8 Å². The zero-order chi connectivity index (χ0) is 23.5. The minimum absolute atomic E-state index is 0.00990. The fourth-order valence-corrected chi connectivity index (χ4v) is 4.58. The highest BCUT2D eigenvalue weighted by Crippen LogP contribution is 2.44. The number of rotatable bonds is 9. The number of carbonyl (C=O) groups excluding carboxylic acids is 2. The van der Waals surface area contributed by atoms with Crippen molar-refractivity contribution in [2.75, 3.05) is 19.7 Å². The van der Waals surface area contributed by atoms with Gasteiger partial charge >= 0.3 is 12.1 Å². The molecule has 33 heavy (non-hydrogen) atoms. The third-order valence-corrected chi connectivity index (χ3v) is 6.51. The number of nitrogens with zero attached hydrogens (tertiary/aromatic N) is 1. The van der Waals surface area contributed by atoms with E-state index in [0.29, 0.717) is 0 Å². The molecular formula is C26H30N2O5. The van der Waals surface area contributed by atoms with Crippen molar-refractivity contribution < 1.29 is 24.2 Å². The Morgan fingerprint density at radius 3 is 2.12 bits per heavy atom. The van der Waals surface area contributed by atoms with Gasteiger partial charge in [-0.3, -0.25) is 9.59 Å². The summed E-state index contributed by atoms with van der Waals surface area (Å²) in [6.45, 7) is 3.79. The molecule has 0 bridgehead atoms. The third-order valence-electron chi connectivity index (χ3n) is 6.51. The van der Waals surface area contributed by atoms with Crippen LogP contribution in [0.3, 0.4) is 0 Å². The van der Waals surface area contributed by atoms with E-state index in [2.05, 4.69) is 29.6 Å². The number of amides is 2. The largest absolute Gasteiger partial charge is 0.480 e. The Hall–Kier alpha value is -3.35. The van der Waals surface area contributed by atoms with Crippen molar-refractivity contribution in [1.82, 2.24) is 10.2 Å². The Kier molecular flexibility index (Phi) is 6.67. The lowest BCUT2D eigenvalue weighted by Gasteiger charge is -2.28. The summed E-state index contributed by atoms with van der Waals surface area (Å²) in [7, 11) is 0. The summed E-state index contributed by atoms with van der Waals surface area (Å²) in [5.41, 5.74) is 4.59. The maximum absolute atomic E-state index is 13.0. The van der Waals surface area contributed by atoms with Crippen LogP contribution in [0, 0.1) is 11.8 Å². The molecule has 7 nitrogen and oxygen atoms in total. The van der Waals surface area contributed by atoms with E-state index in [1.54, 1.807) is 0 Å². The number of benzene rings is 2. The van der Waals surface area contributed by atoms with Gasteiger partial charge in [-0.1, -0.05) is 62.4 Å². The first-order chi connectivity index (χ1) is 15.9. The zero-order valence-electron chi connectivity index (χ0n) is 19.0. The van der Waals surface area contributed by atoms with E-state index in [-0.39, 0.29) is 43.5 Å². The zero-order valence-corrected chi connectivity index (χ0v) is 19.0. The van der Waals surface area contributed by atoms with Crippen LogP contribution in [0.2, 0.25) is 0 Å². The summed E-state index contributed by atoms with van der Waals surface area (Å²) >= 11 is 0. The number of carboxylic acid groups (broad SMARTS) is 1. The van der Waals surface area contributed by atoms with Gasteiger partial charge in [0.25, 0.3) is 0 Å². The van der Waals surface area contributed by atoms with Crippen LogP contribution in [0.1, 0.15) is 43.7 Å². The number of hydrogen-bond donors (Lipinski definition) is 2. The smallest absolute Gasteiger partial charge is 0.407 e. The van der Waals surface area contributed by atoms with Crippen molar-refractivity contribution in [1.29, 1.82) is 0 Å².